The highest BCUT2D eigenvalue weighted by molar-refractivity contribution is 5.86. The number of benzene rings is 1. The van der Waals surface area contributed by atoms with Gasteiger partial charge in [-0.15, -0.1) is 0 Å². The summed E-state index contributed by atoms with van der Waals surface area (Å²) in [7, 11) is 0. The highest BCUT2D eigenvalue weighted by Crippen LogP contribution is 2.22. The van der Waals surface area contributed by atoms with Crippen molar-refractivity contribution in [3.8, 4) is 0 Å². The molecule has 0 radical (unpaired) electrons. The highest BCUT2D eigenvalue weighted by atomic mass is 16.5. The van der Waals surface area contributed by atoms with E-state index in [9.17, 15) is 9.59 Å². The first-order valence-corrected chi connectivity index (χ1v) is 8.29. The van der Waals surface area contributed by atoms with Gasteiger partial charge in [0.25, 0.3) is 0 Å². The SMILES string of the molecule is CCOC(=O)[C@@H]1/C=C/CCCN(Cc2ccccc2)C(=O)[C@H]1C. The molecule has 0 fully saturated rings. The number of nitrogens with zero attached hydrogens (tertiary/aromatic N) is 1. The summed E-state index contributed by atoms with van der Waals surface area (Å²) < 4.78 is 5.13. The molecule has 1 amide bonds. The van der Waals surface area contributed by atoms with Gasteiger partial charge in [0.15, 0.2) is 0 Å². The molecule has 4 nitrogen and oxygen atoms in total. The van der Waals surface area contributed by atoms with Crippen LogP contribution in [-0.4, -0.2) is 29.9 Å². The largest absolute Gasteiger partial charge is 0.466 e. The molecule has 0 saturated carbocycles. The van der Waals surface area contributed by atoms with Crippen LogP contribution in [0.1, 0.15) is 32.3 Å². The van der Waals surface area contributed by atoms with Crippen LogP contribution in [0.3, 0.4) is 0 Å². The highest BCUT2D eigenvalue weighted by Gasteiger charge is 2.32. The summed E-state index contributed by atoms with van der Waals surface area (Å²) in [5.41, 5.74) is 1.10. The van der Waals surface area contributed by atoms with Crippen LogP contribution in [0.2, 0.25) is 0 Å². The summed E-state index contributed by atoms with van der Waals surface area (Å²) in [5, 5.41) is 0. The van der Waals surface area contributed by atoms with Gasteiger partial charge >= 0.3 is 5.97 Å². The molecule has 1 aromatic rings. The Morgan fingerprint density at radius 3 is 2.74 bits per heavy atom. The lowest BCUT2D eigenvalue weighted by Gasteiger charge is -2.27. The maximum atomic E-state index is 12.9. The average molecular weight is 315 g/mol. The van der Waals surface area contributed by atoms with Crippen LogP contribution >= 0.6 is 0 Å². The quantitative estimate of drug-likeness (QED) is 0.633. The van der Waals surface area contributed by atoms with E-state index in [-0.39, 0.29) is 11.9 Å². The number of amides is 1. The van der Waals surface area contributed by atoms with Crippen LogP contribution in [0.5, 0.6) is 0 Å². The number of hydrogen-bond acceptors (Lipinski definition) is 3. The van der Waals surface area contributed by atoms with Gasteiger partial charge in [-0.25, -0.2) is 0 Å². The molecular formula is C19H25NO3. The van der Waals surface area contributed by atoms with Gasteiger partial charge in [0, 0.05) is 13.1 Å². The smallest absolute Gasteiger partial charge is 0.313 e. The summed E-state index contributed by atoms with van der Waals surface area (Å²) in [6.45, 7) is 5.22. The minimum atomic E-state index is -0.501. The topological polar surface area (TPSA) is 46.6 Å². The van der Waals surface area contributed by atoms with Crippen LogP contribution in [0.4, 0.5) is 0 Å². The van der Waals surface area contributed by atoms with Crippen molar-refractivity contribution in [1.82, 2.24) is 4.90 Å². The monoisotopic (exact) mass is 315 g/mol. The van der Waals surface area contributed by atoms with E-state index in [1.165, 1.54) is 0 Å². The summed E-state index contributed by atoms with van der Waals surface area (Å²) in [6.07, 6.45) is 5.60. The number of esters is 1. The Morgan fingerprint density at radius 2 is 2.04 bits per heavy atom. The Hall–Kier alpha value is -2.10. The summed E-state index contributed by atoms with van der Waals surface area (Å²) in [6, 6.07) is 9.95. The minimum Gasteiger partial charge on any atom is -0.466 e. The second-order valence-electron chi connectivity index (χ2n) is 5.88. The van der Waals surface area contributed by atoms with Crippen LogP contribution < -0.4 is 0 Å². The molecule has 0 saturated heterocycles. The van der Waals surface area contributed by atoms with Gasteiger partial charge in [-0.1, -0.05) is 49.4 Å². The molecule has 0 unspecified atom stereocenters. The number of carbonyl (C=O) groups is 2. The van der Waals surface area contributed by atoms with Crippen molar-refractivity contribution in [2.75, 3.05) is 13.2 Å². The van der Waals surface area contributed by atoms with E-state index < -0.39 is 11.8 Å². The van der Waals surface area contributed by atoms with Gasteiger partial charge in [-0.2, -0.15) is 0 Å². The van der Waals surface area contributed by atoms with E-state index in [1.54, 1.807) is 6.92 Å². The third kappa shape index (κ3) is 4.68. The number of allylic oxidation sites excluding steroid dienone is 1. The molecule has 0 aromatic heterocycles. The first-order chi connectivity index (χ1) is 11.1. The molecule has 23 heavy (non-hydrogen) atoms. The molecule has 124 valence electrons. The third-order valence-corrected chi connectivity index (χ3v) is 4.16. The number of carbonyl (C=O) groups excluding carboxylic acids is 2. The number of hydrogen-bond donors (Lipinski definition) is 0. The van der Waals surface area contributed by atoms with Crippen LogP contribution in [0.25, 0.3) is 0 Å². The zero-order chi connectivity index (χ0) is 16.7. The standard InChI is InChI=1S/C19H25NO3/c1-3-23-19(22)17-12-8-5-9-13-20(18(21)15(17)2)14-16-10-6-4-7-11-16/h4,6-8,10-12,15,17H,3,5,9,13-14H2,1-2H3/b12-8+/t15-,17+/m0/s1. The van der Waals surface area contributed by atoms with Crippen molar-refractivity contribution in [1.29, 1.82) is 0 Å². The lowest BCUT2D eigenvalue weighted by Crippen LogP contribution is -2.39. The fourth-order valence-corrected chi connectivity index (χ4v) is 2.84. The molecule has 1 aliphatic heterocycles. The molecule has 0 spiro atoms. The lowest BCUT2D eigenvalue weighted by atomic mass is 9.92. The van der Waals surface area contributed by atoms with Gasteiger partial charge in [0.05, 0.1) is 18.4 Å². The van der Waals surface area contributed by atoms with Crippen LogP contribution in [-0.2, 0) is 20.9 Å². The predicted molar refractivity (Wildman–Crippen MR) is 89.5 cm³/mol. The van der Waals surface area contributed by atoms with Crippen molar-refractivity contribution in [3.63, 3.8) is 0 Å². The fourth-order valence-electron chi connectivity index (χ4n) is 2.84. The van der Waals surface area contributed by atoms with E-state index >= 15 is 0 Å². The molecule has 1 heterocycles. The van der Waals surface area contributed by atoms with Crippen LogP contribution in [0, 0.1) is 11.8 Å². The second-order valence-corrected chi connectivity index (χ2v) is 5.88. The molecule has 1 aromatic carbocycles. The molecule has 0 aliphatic carbocycles. The van der Waals surface area contributed by atoms with E-state index in [2.05, 4.69) is 0 Å². The van der Waals surface area contributed by atoms with Gasteiger partial charge < -0.3 is 9.64 Å². The molecule has 0 N–H and O–H groups in total. The Morgan fingerprint density at radius 1 is 1.30 bits per heavy atom. The van der Waals surface area contributed by atoms with Crippen molar-refractivity contribution in [3.05, 3.63) is 48.0 Å². The molecule has 2 rings (SSSR count). The van der Waals surface area contributed by atoms with Gasteiger partial charge in [-0.3, -0.25) is 9.59 Å². The van der Waals surface area contributed by atoms with Crippen molar-refractivity contribution < 1.29 is 14.3 Å². The average Bonchev–Trinajstić information content (AvgIpc) is 2.62. The van der Waals surface area contributed by atoms with Gasteiger partial charge in [-0.05, 0) is 25.3 Å². The molecule has 1 aliphatic rings. The zero-order valence-electron chi connectivity index (χ0n) is 13.9. The zero-order valence-corrected chi connectivity index (χ0v) is 13.9. The third-order valence-electron chi connectivity index (χ3n) is 4.16. The summed E-state index contributed by atoms with van der Waals surface area (Å²) in [4.78, 5) is 26.9. The first-order valence-electron chi connectivity index (χ1n) is 8.29. The van der Waals surface area contributed by atoms with E-state index in [0.29, 0.717) is 19.7 Å². The molecule has 4 heteroatoms. The molecule has 0 bridgehead atoms. The normalized spacial score (nSPS) is 23.6. The van der Waals surface area contributed by atoms with E-state index in [1.807, 2.05) is 54.3 Å². The van der Waals surface area contributed by atoms with Crippen molar-refractivity contribution in [2.45, 2.75) is 33.2 Å². The van der Waals surface area contributed by atoms with E-state index in [0.717, 1.165) is 18.4 Å². The van der Waals surface area contributed by atoms with Crippen molar-refractivity contribution in [2.24, 2.45) is 11.8 Å². The Balaban J connectivity index is 2.16. The maximum absolute atomic E-state index is 12.9. The van der Waals surface area contributed by atoms with E-state index in [4.69, 9.17) is 4.74 Å². The predicted octanol–water partition coefficient (Wildman–Crippen LogP) is 3.18. The Labute approximate surface area is 138 Å². The summed E-state index contributed by atoms with van der Waals surface area (Å²) in [5.74, 6) is -1.21. The van der Waals surface area contributed by atoms with Crippen molar-refractivity contribution >= 4 is 11.9 Å². The van der Waals surface area contributed by atoms with Gasteiger partial charge in [0.1, 0.15) is 0 Å². The number of rotatable bonds is 4. The first kappa shape index (κ1) is 17.3. The maximum Gasteiger partial charge on any atom is 0.313 e. The molecular weight excluding hydrogens is 290 g/mol. The second kappa shape index (κ2) is 8.51. The van der Waals surface area contributed by atoms with Gasteiger partial charge in [0.2, 0.25) is 5.91 Å². The minimum absolute atomic E-state index is 0.0125. The molecule has 2 atom stereocenters. The fraction of sp³-hybridized carbons (Fsp3) is 0.474. The number of ether oxygens (including phenoxy) is 1. The Kier molecular flexibility index (Phi) is 6.39. The lowest BCUT2D eigenvalue weighted by molar-refractivity contribution is -0.152. The van der Waals surface area contributed by atoms with Crippen LogP contribution in [0.15, 0.2) is 42.5 Å². The summed E-state index contributed by atoms with van der Waals surface area (Å²) >= 11 is 0. The Bertz CT molecular complexity index is 553.